The maximum absolute atomic E-state index is 12.5. The van der Waals surface area contributed by atoms with Crippen LogP contribution in [0.5, 0.6) is 0 Å². The van der Waals surface area contributed by atoms with Gasteiger partial charge in [0.05, 0.1) is 0 Å². The van der Waals surface area contributed by atoms with Crippen molar-refractivity contribution in [3.05, 3.63) is 0 Å². The lowest BCUT2D eigenvalue weighted by molar-refractivity contribution is 0.218. The highest BCUT2D eigenvalue weighted by Crippen LogP contribution is 2.19. The molecule has 2 aliphatic rings. The second kappa shape index (κ2) is 11.2. The average Bonchev–Trinajstić information content (AvgIpc) is 2.28. The predicted molar refractivity (Wildman–Crippen MR) is 77.2 cm³/mol. The molecule has 0 aromatic heterocycles. The monoisotopic (exact) mass is 306 g/mol. The average molecular weight is 307 g/mol. The standard InChI is InChI=1S/2C6H12FN.2ClH/c2*7-5-3-1-2-4-6(5)8;;/h2*5-6H,1-4,8H2;2*1H/t2*5-,6+;;/m10../s1. The Balaban J connectivity index is 0. The minimum atomic E-state index is -0.719. The van der Waals surface area contributed by atoms with Gasteiger partial charge in [-0.05, 0) is 25.7 Å². The van der Waals surface area contributed by atoms with Crippen molar-refractivity contribution in [3.63, 3.8) is 0 Å². The summed E-state index contributed by atoms with van der Waals surface area (Å²) in [5.74, 6) is 0. The highest BCUT2D eigenvalue weighted by atomic mass is 35.5. The second-order valence-corrected chi connectivity index (χ2v) is 4.93. The van der Waals surface area contributed by atoms with Gasteiger partial charge in [-0.1, -0.05) is 25.7 Å². The van der Waals surface area contributed by atoms with E-state index in [1.54, 1.807) is 0 Å². The normalized spacial score (nSPS) is 35.3. The summed E-state index contributed by atoms with van der Waals surface area (Å²) < 4.78 is 24.9. The third kappa shape index (κ3) is 7.72. The SMILES string of the molecule is Cl.Cl.N[C@@H]1CCCC[C@@H]1F.N[C@H]1CCCC[C@H]1F. The lowest BCUT2D eigenvalue weighted by atomic mass is 9.95. The first kappa shape index (κ1) is 20.7. The van der Waals surface area contributed by atoms with Gasteiger partial charge in [-0.15, -0.1) is 24.8 Å². The fourth-order valence-corrected chi connectivity index (χ4v) is 2.23. The third-order valence-electron chi connectivity index (χ3n) is 3.46. The topological polar surface area (TPSA) is 52.0 Å². The molecule has 0 unspecified atom stereocenters. The number of hydrogen-bond acceptors (Lipinski definition) is 2. The fraction of sp³-hybridized carbons (Fsp3) is 1.00. The molecule has 0 spiro atoms. The Labute approximate surface area is 121 Å². The van der Waals surface area contributed by atoms with E-state index in [9.17, 15) is 8.78 Å². The molecule has 2 aliphatic carbocycles. The molecule has 2 nitrogen and oxygen atoms in total. The van der Waals surface area contributed by atoms with Crippen LogP contribution in [0.3, 0.4) is 0 Å². The number of halogens is 4. The van der Waals surface area contributed by atoms with Gasteiger partial charge < -0.3 is 11.5 Å². The molecular weight excluding hydrogens is 281 g/mol. The fourth-order valence-electron chi connectivity index (χ4n) is 2.23. The maximum atomic E-state index is 12.5. The Bertz CT molecular complexity index is 159. The summed E-state index contributed by atoms with van der Waals surface area (Å²) >= 11 is 0. The van der Waals surface area contributed by atoms with Gasteiger partial charge in [0.2, 0.25) is 0 Å². The van der Waals surface area contributed by atoms with Gasteiger partial charge in [-0.2, -0.15) is 0 Å². The molecule has 0 amide bonds. The van der Waals surface area contributed by atoms with Crippen LogP contribution < -0.4 is 11.5 Å². The zero-order valence-electron chi connectivity index (χ0n) is 10.7. The van der Waals surface area contributed by atoms with Gasteiger partial charge >= 0.3 is 0 Å². The maximum Gasteiger partial charge on any atom is 0.115 e. The van der Waals surface area contributed by atoms with Gasteiger partial charge in [0.15, 0.2) is 0 Å². The Hall–Kier alpha value is 0.360. The first-order valence-electron chi connectivity index (χ1n) is 6.40. The molecule has 0 aromatic carbocycles. The van der Waals surface area contributed by atoms with E-state index < -0.39 is 12.3 Å². The summed E-state index contributed by atoms with van der Waals surface area (Å²) in [6.07, 6.45) is 5.95. The Morgan fingerprint density at radius 1 is 0.611 bits per heavy atom. The molecule has 4 atom stereocenters. The van der Waals surface area contributed by atoms with E-state index in [0.29, 0.717) is 12.8 Å². The minimum Gasteiger partial charge on any atom is -0.325 e. The Morgan fingerprint density at radius 2 is 0.889 bits per heavy atom. The van der Waals surface area contributed by atoms with E-state index in [1.165, 1.54) is 0 Å². The van der Waals surface area contributed by atoms with Crippen LogP contribution in [-0.4, -0.2) is 24.4 Å². The molecule has 0 saturated heterocycles. The van der Waals surface area contributed by atoms with E-state index >= 15 is 0 Å². The van der Waals surface area contributed by atoms with Crippen molar-refractivity contribution < 1.29 is 8.78 Å². The van der Waals surface area contributed by atoms with E-state index in [0.717, 1.165) is 38.5 Å². The van der Waals surface area contributed by atoms with E-state index in [2.05, 4.69) is 0 Å². The number of rotatable bonds is 0. The second-order valence-electron chi connectivity index (χ2n) is 4.93. The van der Waals surface area contributed by atoms with E-state index in [1.807, 2.05) is 0 Å². The van der Waals surface area contributed by atoms with Crippen LogP contribution in [0.25, 0.3) is 0 Å². The van der Waals surface area contributed by atoms with Crippen molar-refractivity contribution in [1.82, 2.24) is 0 Å². The summed E-state index contributed by atoms with van der Waals surface area (Å²) in [6.45, 7) is 0. The van der Waals surface area contributed by atoms with Gasteiger partial charge in [0.25, 0.3) is 0 Å². The van der Waals surface area contributed by atoms with Crippen molar-refractivity contribution >= 4 is 24.8 Å². The largest absolute Gasteiger partial charge is 0.325 e. The molecule has 2 rings (SSSR count). The van der Waals surface area contributed by atoms with E-state index in [-0.39, 0.29) is 36.9 Å². The van der Waals surface area contributed by atoms with Gasteiger partial charge in [-0.3, -0.25) is 0 Å². The Kier molecular flexibility index (Phi) is 12.9. The van der Waals surface area contributed by atoms with Crippen molar-refractivity contribution in [3.8, 4) is 0 Å². The van der Waals surface area contributed by atoms with Crippen LogP contribution in [0.4, 0.5) is 8.78 Å². The quantitative estimate of drug-likeness (QED) is 0.721. The van der Waals surface area contributed by atoms with Crippen molar-refractivity contribution in [2.75, 3.05) is 0 Å². The summed E-state index contributed by atoms with van der Waals surface area (Å²) in [5, 5.41) is 0. The molecule has 2 saturated carbocycles. The van der Waals surface area contributed by atoms with Gasteiger partial charge in [0, 0.05) is 12.1 Å². The van der Waals surface area contributed by atoms with Crippen LogP contribution in [0.1, 0.15) is 51.4 Å². The molecular formula is C12H26Cl2F2N2. The lowest BCUT2D eigenvalue weighted by Crippen LogP contribution is -2.34. The summed E-state index contributed by atoms with van der Waals surface area (Å²) in [4.78, 5) is 0. The zero-order valence-corrected chi connectivity index (χ0v) is 12.3. The zero-order chi connectivity index (χ0) is 12.0. The molecule has 2 fully saturated rings. The van der Waals surface area contributed by atoms with Crippen LogP contribution >= 0.6 is 24.8 Å². The molecule has 0 radical (unpaired) electrons. The lowest BCUT2D eigenvalue weighted by Gasteiger charge is -2.21. The third-order valence-corrected chi connectivity index (χ3v) is 3.46. The molecule has 6 heteroatoms. The van der Waals surface area contributed by atoms with Crippen LogP contribution in [0.2, 0.25) is 0 Å². The number of alkyl halides is 2. The van der Waals surface area contributed by atoms with Crippen LogP contribution in [0, 0.1) is 0 Å². The highest BCUT2D eigenvalue weighted by Gasteiger charge is 2.20. The first-order valence-corrected chi connectivity index (χ1v) is 6.40. The smallest absolute Gasteiger partial charge is 0.115 e. The summed E-state index contributed by atoms with van der Waals surface area (Å²) in [6, 6.07) is -0.326. The van der Waals surface area contributed by atoms with Crippen molar-refractivity contribution in [2.45, 2.75) is 75.8 Å². The number of nitrogens with two attached hydrogens (primary N) is 2. The van der Waals surface area contributed by atoms with Crippen LogP contribution in [0.15, 0.2) is 0 Å². The number of hydrogen-bond donors (Lipinski definition) is 2. The Morgan fingerprint density at radius 3 is 1.06 bits per heavy atom. The summed E-state index contributed by atoms with van der Waals surface area (Å²) in [7, 11) is 0. The first-order chi connectivity index (χ1) is 7.61. The van der Waals surface area contributed by atoms with Crippen molar-refractivity contribution in [1.29, 1.82) is 0 Å². The summed E-state index contributed by atoms with van der Waals surface area (Å²) in [5.41, 5.74) is 10.8. The van der Waals surface area contributed by atoms with E-state index in [4.69, 9.17) is 11.5 Å². The molecule has 112 valence electrons. The molecule has 0 aromatic rings. The molecule has 18 heavy (non-hydrogen) atoms. The van der Waals surface area contributed by atoms with Gasteiger partial charge in [0.1, 0.15) is 12.3 Å². The molecule has 0 aliphatic heterocycles. The molecule has 0 heterocycles. The van der Waals surface area contributed by atoms with Gasteiger partial charge in [-0.25, -0.2) is 8.78 Å². The van der Waals surface area contributed by atoms with Crippen LogP contribution in [-0.2, 0) is 0 Å². The molecule has 0 bridgehead atoms. The van der Waals surface area contributed by atoms with Crippen molar-refractivity contribution in [2.24, 2.45) is 11.5 Å². The molecule has 4 N–H and O–H groups in total. The predicted octanol–water partition coefficient (Wildman–Crippen LogP) is 3.30. The highest BCUT2D eigenvalue weighted by molar-refractivity contribution is 5.85. The minimum absolute atomic E-state index is 0.